The maximum absolute atomic E-state index is 12.6. The number of nitrogens with zero attached hydrogens (tertiary/aromatic N) is 2. The molecule has 3 nitrogen and oxygen atoms in total. The molecule has 0 aromatic carbocycles. The Balaban J connectivity index is 3.54. The minimum Gasteiger partial charge on any atom is -0.326 e. The lowest BCUT2D eigenvalue weighted by Crippen LogP contribution is -2.17. The molecule has 18 heavy (non-hydrogen) atoms. The summed E-state index contributed by atoms with van der Waals surface area (Å²) in [4.78, 5) is 2.99. The molecule has 0 aliphatic heterocycles. The Kier molecular flexibility index (Phi) is 4.19. The second-order valence-electron chi connectivity index (χ2n) is 3.36. The zero-order valence-electron chi connectivity index (χ0n) is 8.93. The lowest BCUT2D eigenvalue weighted by molar-refractivity contribution is -0.141. The summed E-state index contributed by atoms with van der Waals surface area (Å²) in [6.07, 6.45) is -8.02. The molecule has 1 aromatic rings. The molecule has 0 atom stereocenters. The van der Waals surface area contributed by atoms with Crippen molar-refractivity contribution in [2.24, 2.45) is 5.73 Å². The van der Waals surface area contributed by atoms with Crippen molar-refractivity contribution in [3.8, 4) is 6.07 Å². The van der Waals surface area contributed by atoms with Gasteiger partial charge in [-0.25, -0.2) is 8.78 Å². The van der Waals surface area contributed by atoms with Crippen LogP contribution in [0.4, 0.5) is 22.0 Å². The molecule has 1 heterocycles. The highest BCUT2D eigenvalue weighted by molar-refractivity contribution is 5.40. The van der Waals surface area contributed by atoms with Gasteiger partial charge in [-0.2, -0.15) is 18.4 Å². The number of halogens is 5. The fourth-order valence-electron chi connectivity index (χ4n) is 1.55. The van der Waals surface area contributed by atoms with E-state index in [1.165, 1.54) is 6.07 Å². The van der Waals surface area contributed by atoms with Crippen molar-refractivity contribution in [3.05, 3.63) is 28.6 Å². The largest absolute Gasteiger partial charge is 0.433 e. The first-order valence-corrected chi connectivity index (χ1v) is 4.76. The molecular weight excluding hydrogens is 257 g/mol. The van der Waals surface area contributed by atoms with Crippen LogP contribution in [0.25, 0.3) is 0 Å². The van der Waals surface area contributed by atoms with Gasteiger partial charge in [0.2, 0.25) is 0 Å². The average molecular weight is 265 g/mol. The Morgan fingerprint density at radius 3 is 2.33 bits per heavy atom. The number of hydrogen-bond donors (Lipinski definition) is 1. The van der Waals surface area contributed by atoms with E-state index in [4.69, 9.17) is 11.0 Å². The van der Waals surface area contributed by atoms with Gasteiger partial charge in [0.15, 0.2) is 0 Å². The van der Waals surface area contributed by atoms with Crippen molar-refractivity contribution >= 4 is 0 Å². The van der Waals surface area contributed by atoms with Crippen molar-refractivity contribution in [2.75, 3.05) is 0 Å². The second-order valence-corrected chi connectivity index (χ2v) is 3.36. The third-order valence-electron chi connectivity index (χ3n) is 2.29. The Labute approximate surface area is 99.0 Å². The molecule has 0 amide bonds. The van der Waals surface area contributed by atoms with Crippen LogP contribution < -0.4 is 5.73 Å². The van der Waals surface area contributed by atoms with Crippen molar-refractivity contribution in [1.29, 1.82) is 5.26 Å². The number of pyridine rings is 1. The molecule has 0 radical (unpaired) electrons. The predicted molar refractivity (Wildman–Crippen MR) is 51.4 cm³/mol. The molecule has 0 unspecified atom stereocenters. The van der Waals surface area contributed by atoms with Crippen LogP contribution in [0.1, 0.15) is 28.8 Å². The zero-order valence-corrected chi connectivity index (χ0v) is 8.93. The van der Waals surface area contributed by atoms with Gasteiger partial charge in [0.1, 0.15) is 5.69 Å². The van der Waals surface area contributed by atoms with Gasteiger partial charge < -0.3 is 5.73 Å². The maximum atomic E-state index is 12.6. The molecule has 0 aliphatic carbocycles. The first-order chi connectivity index (χ1) is 8.32. The summed E-state index contributed by atoms with van der Waals surface area (Å²) in [5, 5.41) is 8.49. The summed E-state index contributed by atoms with van der Waals surface area (Å²) in [5.74, 6) is 0. The Hall–Kier alpha value is -1.75. The summed E-state index contributed by atoms with van der Waals surface area (Å²) in [6, 6.07) is 1.50. The van der Waals surface area contributed by atoms with Gasteiger partial charge in [-0.05, 0) is 5.56 Å². The van der Waals surface area contributed by atoms with Gasteiger partial charge in [-0.15, -0.1) is 0 Å². The van der Waals surface area contributed by atoms with Crippen LogP contribution in [0.3, 0.4) is 0 Å². The Morgan fingerprint density at radius 2 is 1.94 bits per heavy atom. The Bertz CT molecular complexity index is 476. The smallest absolute Gasteiger partial charge is 0.326 e. The number of hydrogen-bond acceptors (Lipinski definition) is 3. The van der Waals surface area contributed by atoms with Crippen molar-refractivity contribution in [1.82, 2.24) is 4.98 Å². The number of nitrogens with two attached hydrogens (primary N) is 1. The number of rotatable bonds is 3. The van der Waals surface area contributed by atoms with Crippen molar-refractivity contribution < 1.29 is 22.0 Å². The van der Waals surface area contributed by atoms with E-state index in [-0.39, 0.29) is 5.56 Å². The van der Waals surface area contributed by atoms with Gasteiger partial charge in [-0.1, -0.05) is 0 Å². The van der Waals surface area contributed by atoms with Crippen LogP contribution in [0, 0.1) is 11.3 Å². The van der Waals surface area contributed by atoms with Crippen LogP contribution >= 0.6 is 0 Å². The topological polar surface area (TPSA) is 62.7 Å². The van der Waals surface area contributed by atoms with Crippen LogP contribution in [-0.4, -0.2) is 4.98 Å². The summed E-state index contributed by atoms with van der Waals surface area (Å²) in [5.41, 5.74) is 2.24. The summed E-state index contributed by atoms with van der Waals surface area (Å²) >= 11 is 0. The van der Waals surface area contributed by atoms with Crippen LogP contribution in [0.2, 0.25) is 0 Å². The molecule has 0 spiro atoms. The lowest BCUT2D eigenvalue weighted by Gasteiger charge is -2.16. The Morgan fingerprint density at radius 1 is 1.33 bits per heavy atom. The highest BCUT2D eigenvalue weighted by Crippen LogP contribution is 2.35. The molecule has 0 saturated carbocycles. The van der Waals surface area contributed by atoms with Crippen LogP contribution in [-0.2, 0) is 19.1 Å². The molecular formula is C10H8F5N3. The summed E-state index contributed by atoms with van der Waals surface area (Å²) in [7, 11) is 0. The maximum Gasteiger partial charge on any atom is 0.433 e. The summed E-state index contributed by atoms with van der Waals surface area (Å²) < 4.78 is 63.1. The number of nitriles is 1. The molecule has 1 rings (SSSR count). The van der Waals surface area contributed by atoms with E-state index in [0.29, 0.717) is 6.20 Å². The van der Waals surface area contributed by atoms with E-state index in [9.17, 15) is 22.0 Å². The van der Waals surface area contributed by atoms with E-state index in [1.54, 1.807) is 0 Å². The SMILES string of the molecule is N#CCc1c(C(F)(F)F)ncc(C(F)F)c1CN. The quantitative estimate of drug-likeness (QED) is 0.854. The molecule has 0 fully saturated rings. The van der Waals surface area contributed by atoms with E-state index in [2.05, 4.69) is 4.98 Å². The summed E-state index contributed by atoms with van der Waals surface area (Å²) in [6.45, 7) is -0.512. The first kappa shape index (κ1) is 14.3. The minimum absolute atomic E-state index is 0.367. The predicted octanol–water partition coefficient (Wildman–Crippen LogP) is 2.56. The molecule has 1 aromatic heterocycles. The van der Waals surface area contributed by atoms with Crippen molar-refractivity contribution in [2.45, 2.75) is 25.6 Å². The van der Waals surface area contributed by atoms with E-state index in [1.807, 2.05) is 0 Å². The highest BCUT2D eigenvalue weighted by atomic mass is 19.4. The third-order valence-corrected chi connectivity index (χ3v) is 2.29. The van der Waals surface area contributed by atoms with E-state index >= 15 is 0 Å². The molecule has 0 saturated heterocycles. The van der Waals surface area contributed by atoms with Crippen LogP contribution in [0.5, 0.6) is 0 Å². The fourth-order valence-corrected chi connectivity index (χ4v) is 1.55. The third kappa shape index (κ3) is 2.73. The van der Waals surface area contributed by atoms with Crippen LogP contribution in [0.15, 0.2) is 6.20 Å². The highest BCUT2D eigenvalue weighted by Gasteiger charge is 2.37. The van der Waals surface area contributed by atoms with Gasteiger partial charge >= 0.3 is 6.18 Å². The zero-order chi connectivity index (χ0) is 13.9. The van der Waals surface area contributed by atoms with E-state index < -0.39 is 42.4 Å². The molecule has 98 valence electrons. The lowest BCUT2D eigenvalue weighted by atomic mass is 9.98. The van der Waals surface area contributed by atoms with Gasteiger partial charge in [0, 0.05) is 23.9 Å². The average Bonchev–Trinajstić information content (AvgIpc) is 2.27. The normalized spacial score (nSPS) is 11.7. The van der Waals surface area contributed by atoms with E-state index in [0.717, 1.165) is 0 Å². The monoisotopic (exact) mass is 265 g/mol. The van der Waals surface area contributed by atoms with Crippen molar-refractivity contribution in [3.63, 3.8) is 0 Å². The first-order valence-electron chi connectivity index (χ1n) is 4.76. The fraction of sp³-hybridized carbons (Fsp3) is 0.400. The number of aromatic nitrogens is 1. The van der Waals surface area contributed by atoms with Gasteiger partial charge in [0.25, 0.3) is 6.43 Å². The molecule has 8 heteroatoms. The minimum atomic E-state index is -4.81. The second kappa shape index (κ2) is 5.27. The standard InChI is InChI=1S/C10H8F5N3/c11-9(12)7-4-18-8(10(13,14)15)5(1-2-16)6(7)3-17/h4,9H,1,3,17H2. The van der Waals surface area contributed by atoms with Gasteiger partial charge in [0.05, 0.1) is 12.5 Å². The molecule has 2 N–H and O–H groups in total. The molecule has 0 bridgehead atoms. The number of alkyl halides is 5. The van der Waals surface area contributed by atoms with Gasteiger partial charge in [-0.3, -0.25) is 4.98 Å². The molecule has 0 aliphatic rings.